The number of benzene rings is 1. The quantitative estimate of drug-likeness (QED) is 0.845. The van der Waals surface area contributed by atoms with Gasteiger partial charge in [0.1, 0.15) is 5.82 Å². The van der Waals surface area contributed by atoms with Crippen molar-refractivity contribution in [1.82, 2.24) is 10.2 Å². The molecule has 1 atom stereocenters. The third kappa shape index (κ3) is 4.61. The van der Waals surface area contributed by atoms with Crippen LogP contribution in [0.3, 0.4) is 0 Å². The number of carbonyl (C=O) groups is 2. The molecule has 142 valence electrons. The van der Waals surface area contributed by atoms with Gasteiger partial charge in [-0.15, -0.1) is 0 Å². The Labute approximate surface area is 153 Å². The summed E-state index contributed by atoms with van der Waals surface area (Å²) in [7, 11) is 0. The fourth-order valence-corrected chi connectivity index (χ4v) is 3.94. The van der Waals surface area contributed by atoms with E-state index in [1.807, 2.05) is 4.90 Å². The minimum Gasteiger partial charge on any atom is -0.387 e. The van der Waals surface area contributed by atoms with Crippen LogP contribution in [0.5, 0.6) is 0 Å². The Morgan fingerprint density at radius 2 is 1.69 bits per heavy atom. The summed E-state index contributed by atoms with van der Waals surface area (Å²) in [5.74, 6) is -0.120. The second kappa shape index (κ2) is 8.62. The summed E-state index contributed by atoms with van der Waals surface area (Å²) in [5, 5.41) is 12.9. The molecule has 0 radical (unpaired) electrons. The van der Waals surface area contributed by atoms with Crippen LogP contribution in [0.4, 0.5) is 4.39 Å². The minimum atomic E-state index is -0.858. The van der Waals surface area contributed by atoms with E-state index in [1.54, 1.807) is 0 Å². The number of nitrogens with zero attached hydrogens (tertiary/aromatic N) is 1. The Kier molecular flexibility index (Phi) is 6.25. The van der Waals surface area contributed by atoms with Crippen LogP contribution in [0.1, 0.15) is 50.2 Å². The van der Waals surface area contributed by atoms with Crippen molar-refractivity contribution in [3.8, 4) is 0 Å². The van der Waals surface area contributed by atoms with Gasteiger partial charge in [0, 0.05) is 31.5 Å². The molecule has 1 aliphatic carbocycles. The summed E-state index contributed by atoms with van der Waals surface area (Å²) >= 11 is 0. The van der Waals surface area contributed by atoms with Crippen LogP contribution in [0.2, 0.25) is 0 Å². The van der Waals surface area contributed by atoms with Crippen molar-refractivity contribution in [3.63, 3.8) is 0 Å². The van der Waals surface area contributed by atoms with Gasteiger partial charge in [-0.1, -0.05) is 25.0 Å². The van der Waals surface area contributed by atoms with Crippen molar-refractivity contribution < 1.29 is 19.1 Å². The Bertz CT molecular complexity index is 620. The normalized spacial score (nSPS) is 20.2. The molecular weight excluding hydrogens is 335 g/mol. The standard InChI is InChI=1S/C20H27FN2O3/c21-17-7-5-14(6-8-17)18(24)13-22-19(25)15-9-11-23(12-10-15)20(26)16-3-1-2-4-16/h5-8,15-16,18,24H,1-4,9-13H2,(H,22,25)/t18-/m0/s1. The number of hydrogen-bond donors (Lipinski definition) is 2. The van der Waals surface area contributed by atoms with Gasteiger partial charge >= 0.3 is 0 Å². The highest BCUT2D eigenvalue weighted by atomic mass is 19.1. The van der Waals surface area contributed by atoms with Gasteiger partial charge in [-0.2, -0.15) is 0 Å². The lowest BCUT2D eigenvalue weighted by molar-refractivity contribution is -0.139. The van der Waals surface area contributed by atoms with Crippen LogP contribution in [-0.4, -0.2) is 41.5 Å². The predicted octanol–water partition coefficient (Wildman–Crippen LogP) is 2.40. The molecular formula is C20H27FN2O3. The van der Waals surface area contributed by atoms with Gasteiger partial charge in [0.15, 0.2) is 0 Å². The summed E-state index contributed by atoms with van der Waals surface area (Å²) in [6, 6.07) is 5.60. The van der Waals surface area contributed by atoms with Crippen molar-refractivity contribution in [1.29, 1.82) is 0 Å². The highest BCUT2D eigenvalue weighted by molar-refractivity contribution is 5.81. The summed E-state index contributed by atoms with van der Waals surface area (Å²) in [6.07, 6.45) is 4.76. The average Bonchev–Trinajstić information content (AvgIpc) is 3.20. The molecule has 2 aliphatic rings. The summed E-state index contributed by atoms with van der Waals surface area (Å²) in [4.78, 5) is 26.7. The lowest BCUT2D eigenvalue weighted by atomic mass is 9.94. The van der Waals surface area contributed by atoms with Crippen molar-refractivity contribution in [3.05, 3.63) is 35.6 Å². The molecule has 0 spiro atoms. The van der Waals surface area contributed by atoms with Gasteiger partial charge in [0.25, 0.3) is 0 Å². The smallest absolute Gasteiger partial charge is 0.225 e. The summed E-state index contributed by atoms with van der Waals surface area (Å²) < 4.78 is 12.9. The van der Waals surface area contributed by atoms with Crippen molar-refractivity contribution in [2.24, 2.45) is 11.8 Å². The zero-order valence-electron chi connectivity index (χ0n) is 15.0. The van der Waals surface area contributed by atoms with Crippen LogP contribution in [0.15, 0.2) is 24.3 Å². The second-order valence-electron chi connectivity index (χ2n) is 7.39. The van der Waals surface area contributed by atoms with Crippen LogP contribution in [0.25, 0.3) is 0 Å². The van der Waals surface area contributed by atoms with Crippen molar-refractivity contribution in [2.75, 3.05) is 19.6 Å². The Balaban J connectivity index is 1.42. The number of likely N-dealkylation sites (tertiary alicyclic amines) is 1. The molecule has 1 saturated carbocycles. The van der Waals surface area contributed by atoms with E-state index >= 15 is 0 Å². The zero-order chi connectivity index (χ0) is 18.5. The van der Waals surface area contributed by atoms with Crippen LogP contribution < -0.4 is 5.32 Å². The maximum atomic E-state index is 12.9. The highest BCUT2D eigenvalue weighted by Gasteiger charge is 2.32. The van der Waals surface area contributed by atoms with Crippen LogP contribution in [-0.2, 0) is 9.59 Å². The van der Waals surface area contributed by atoms with Crippen LogP contribution >= 0.6 is 0 Å². The molecule has 0 aromatic heterocycles. The predicted molar refractivity (Wildman–Crippen MR) is 95.6 cm³/mol. The van der Waals surface area contributed by atoms with Gasteiger partial charge in [-0.25, -0.2) is 4.39 Å². The van der Waals surface area contributed by atoms with E-state index in [4.69, 9.17) is 0 Å². The third-order valence-corrected chi connectivity index (χ3v) is 5.61. The monoisotopic (exact) mass is 362 g/mol. The summed E-state index contributed by atoms with van der Waals surface area (Å²) in [5.41, 5.74) is 0.573. The van der Waals surface area contributed by atoms with Gasteiger partial charge in [0.2, 0.25) is 11.8 Å². The molecule has 2 N–H and O–H groups in total. The second-order valence-corrected chi connectivity index (χ2v) is 7.39. The van der Waals surface area contributed by atoms with Crippen molar-refractivity contribution in [2.45, 2.75) is 44.6 Å². The molecule has 6 heteroatoms. The van der Waals surface area contributed by atoms with E-state index in [9.17, 15) is 19.1 Å². The highest BCUT2D eigenvalue weighted by Crippen LogP contribution is 2.28. The Morgan fingerprint density at radius 1 is 1.08 bits per heavy atom. The molecule has 1 aliphatic heterocycles. The van der Waals surface area contributed by atoms with E-state index in [-0.39, 0.29) is 36.0 Å². The Hall–Kier alpha value is -1.95. The lowest BCUT2D eigenvalue weighted by Crippen LogP contribution is -2.45. The first-order chi connectivity index (χ1) is 12.5. The molecule has 0 unspecified atom stereocenters. The number of aliphatic hydroxyl groups is 1. The average molecular weight is 362 g/mol. The SMILES string of the molecule is O=C(NC[C@H](O)c1ccc(F)cc1)C1CCN(C(=O)C2CCCC2)CC1. The van der Waals surface area contributed by atoms with E-state index < -0.39 is 6.10 Å². The largest absolute Gasteiger partial charge is 0.387 e. The molecule has 1 aromatic rings. The molecule has 2 fully saturated rings. The first-order valence-corrected chi connectivity index (χ1v) is 9.54. The van der Waals surface area contributed by atoms with Gasteiger partial charge in [-0.3, -0.25) is 9.59 Å². The lowest BCUT2D eigenvalue weighted by Gasteiger charge is -2.33. The molecule has 2 amide bonds. The minimum absolute atomic E-state index is 0.0841. The fourth-order valence-electron chi connectivity index (χ4n) is 3.94. The maximum absolute atomic E-state index is 12.9. The first kappa shape index (κ1) is 18.8. The summed E-state index contributed by atoms with van der Waals surface area (Å²) in [6.45, 7) is 1.37. The Morgan fingerprint density at radius 3 is 2.31 bits per heavy atom. The fraction of sp³-hybridized carbons (Fsp3) is 0.600. The van der Waals surface area contributed by atoms with E-state index in [2.05, 4.69) is 5.32 Å². The number of carbonyl (C=O) groups excluding carboxylic acids is 2. The third-order valence-electron chi connectivity index (χ3n) is 5.61. The maximum Gasteiger partial charge on any atom is 0.225 e. The molecule has 0 bridgehead atoms. The van der Waals surface area contributed by atoms with Gasteiger partial charge < -0.3 is 15.3 Å². The number of amides is 2. The molecule has 1 saturated heterocycles. The number of nitrogens with one attached hydrogen (secondary N) is 1. The number of piperidine rings is 1. The van der Waals surface area contributed by atoms with Gasteiger partial charge in [0.05, 0.1) is 6.10 Å². The first-order valence-electron chi connectivity index (χ1n) is 9.54. The van der Waals surface area contributed by atoms with E-state index in [0.717, 1.165) is 25.7 Å². The zero-order valence-corrected chi connectivity index (χ0v) is 15.0. The molecule has 1 heterocycles. The van der Waals surface area contributed by atoms with Gasteiger partial charge in [-0.05, 0) is 43.4 Å². The number of aliphatic hydroxyl groups excluding tert-OH is 1. The number of hydrogen-bond acceptors (Lipinski definition) is 3. The van der Waals surface area contributed by atoms with E-state index in [1.165, 1.54) is 24.3 Å². The molecule has 3 rings (SSSR count). The number of halogens is 1. The molecule has 5 nitrogen and oxygen atoms in total. The molecule has 26 heavy (non-hydrogen) atoms. The van der Waals surface area contributed by atoms with Crippen molar-refractivity contribution >= 4 is 11.8 Å². The topological polar surface area (TPSA) is 69.6 Å². The number of rotatable bonds is 5. The van der Waals surface area contributed by atoms with E-state index in [0.29, 0.717) is 31.5 Å². The molecule has 1 aromatic carbocycles. The van der Waals surface area contributed by atoms with Crippen LogP contribution in [0, 0.1) is 17.7 Å².